The molecule has 0 saturated heterocycles. The predicted octanol–water partition coefficient (Wildman–Crippen LogP) is 3.06. The van der Waals surface area contributed by atoms with Gasteiger partial charge in [0.1, 0.15) is 23.4 Å². The van der Waals surface area contributed by atoms with E-state index in [0.717, 1.165) is 12.8 Å². The third-order valence-electron chi connectivity index (χ3n) is 5.37. The van der Waals surface area contributed by atoms with E-state index in [9.17, 15) is 24.3 Å². The van der Waals surface area contributed by atoms with Crippen molar-refractivity contribution in [1.82, 2.24) is 15.5 Å². The highest BCUT2D eigenvalue weighted by Gasteiger charge is 2.37. The lowest BCUT2D eigenvalue weighted by Gasteiger charge is -2.34. The molecule has 1 aromatic carbocycles. The zero-order valence-corrected chi connectivity index (χ0v) is 22.3. The first-order valence-corrected chi connectivity index (χ1v) is 12.5. The van der Waals surface area contributed by atoms with Gasteiger partial charge >= 0.3 is 6.09 Å². The average Bonchev–Trinajstić information content (AvgIpc) is 2.77. The minimum absolute atomic E-state index is 0.0718. The molecule has 0 aliphatic carbocycles. The SMILES string of the molecule is CCCCNC(=O)C(c1cccc(C)c1O)N(CCC)C(=O)C(CCC(N)=O)NC(=O)OC(C)(C)C. The van der Waals surface area contributed by atoms with Crippen LogP contribution < -0.4 is 16.4 Å². The summed E-state index contributed by atoms with van der Waals surface area (Å²) in [5.41, 5.74) is 5.33. The van der Waals surface area contributed by atoms with Gasteiger partial charge < -0.3 is 31.1 Å². The molecule has 1 rings (SSSR count). The maximum absolute atomic E-state index is 13.8. The van der Waals surface area contributed by atoms with E-state index in [0.29, 0.717) is 18.5 Å². The number of aryl methyl sites for hydroxylation is 1. The van der Waals surface area contributed by atoms with Crippen molar-refractivity contribution >= 4 is 23.8 Å². The molecule has 0 bridgehead atoms. The molecule has 2 atom stereocenters. The number of benzene rings is 1. The number of amides is 4. The van der Waals surface area contributed by atoms with Gasteiger partial charge in [-0.25, -0.2) is 4.79 Å². The van der Waals surface area contributed by atoms with E-state index in [1.807, 2.05) is 13.8 Å². The summed E-state index contributed by atoms with van der Waals surface area (Å²) in [4.78, 5) is 52.6. The lowest BCUT2D eigenvalue weighted by Crippen LogP contribution is -2.53. The van der Waals surface area contributed by atoms with E-state index in [-0.39, 0.29) is 30.7 Å². The summed E-state index contributed by atoms with van der Waals surface area (Å²) in [6.07, 6.45) is 1.07. The first-order valence-electron chi connectivity index (χ1n) is 12.5. The highest BCUT2D eigenvalue weighted by Crippen LogP contribution is 2.32. The van der Waals surface area contributed by atoms with Gasteiger partial charge in [-0.1, -0.05) is 38.5 Å². The van der Waals surface area contributed by atoms with Gasteiger partial charge in [0.05, 0.1) is 0 Å². The quantitative estimate of drug-likeness (QED) is 0.302. The van der Waals surface area contributed by atoms with Gasteiger partial charge in [-0.3, -0.25) is 14.4 Å². The van der Waals surface area contributed by atoms with Gasteiger partial charge in [0.2, 0.25) is 17.7 Å². The Morgan fingerprint density at radius 2 is 1.81 bits per heavy atom. The summed E-state index contributed by atoms with van der Waals surface area (Å²) in [6.45, 7) is 11.2. The molecule has 0 spiro atoms. The summed E-state index contributed by atoms with van der Waals surface area (Å²) in [5, 5.41) is 16.2. The standard InChI is InChI=1S/C26H42N4O6/c1-7-9-15-28-23(33)21(18-12-10-11-17(3)22(18)32)30(16-8-2)24(34)19(13-14-20(27)31)29-25(35)36-26(4,5)6/h10-12,19,21,32H,7-9,13-16H2,1-6H3,(H2,27,31)(H,28,33)(H,29,35). The minimum atomic E-state index is -1.17. The fourth-order valence-corrected chi connectivity index (χ4v) is 3.64. The molecular weight excluding hydrogens is 464 g/mol. The van der Waals surface area contributed by atoms with E-state index in [1.54, 1.807) is 45.9 Å². The second-order valence-corrected chi connectivity index (χ2v) is 9.80. The number of hydrogen-bond acceptors (Lipinski definition) is 6. The molecule has 0 heterocycles. The van der Waals surface area contributed by atoms with Crippen molar-refractivity contribution in [2.75, 3.05) is 13.1 Å². The Balaban J connectivity index is 3.47. The van der Waals surface area contributed by atoms with Crippen LogP contribution in [0.2, 0.25) is 0 Å². The Kier molecular flexibility index (Phi) is 12.2. The van der Waals surface area contributed by atoms with Gasteiger partial charge in [0.15, 0.2) is 0 Å². The van der Waals surface area contributed by atoms with Gasteiger partial charge in [0.25, 0.3) is 0 Å². The third kappa shape index (κ3) is 9.75. The zero-order chi connectivity index (χ0) is 27.5. The van der Waals surface area contributed by atoms with Crippen molar-refractivity contribution in [2.24, 2.45) is 5.73 Å². The van der Waals surface area contributed by atoms with Crippen molar-refractivity contribution in [3.63, 3.8) is 0 Å². The van der Waals surface area contributed by atoms with Gasteiger partial charge in [-0.05, 0) is 52.5 Å². The van der Waals surface area contributed by atoms with Crippen LogP contribution in [-0.2, 0) is 19.1 Å². The Hall–Kier alpha value is -3.30. The normalized spacial score (nSPS) is 12.8. The summed E-state index contributed by atoms with van der Waals surface area (Å²) in [7, 11) is 0. The Labute approximate surface area is 213 Å². The molecule has 0 fully saturated rings. The van der Waals surface area contributed by atoms with Crippen LogP contribution in [0, 0.1) is 6.92 Å². The van der Waals surface area contributed by atoms with Gasteiger partial charge in [0, 0.05) is 25.1 Å². The van der Waals surface area contributed by atoms with Crippen LogP contribution in [0.3, 0.4) is 0 Å². The lowest BCUT2D eigenvalue weighted by atomic mass is 9.98. The van der Waals surface area contributed by atoms with Crippen LogP contribution in [0.5, 0.6) is 5.75 Å². The van der Waals surface area contributed by atoms with Gasteiger partial charge in [-0.2, -0.15) is 0 Å². The number of unbranched alkanes of at least 4 members (excludes halogenated alkanes) is 1. The third-order valence-corrected chi connectivity index (χ3v) is 5.37. The molecular formula is C26H42N4O6. The van der Waals surface area contributed by atoms with Crippen LogP contribution in [0.25, 0.3) is 0 Å². The average molecular weight is 507 g/mol. The molecule has 0 aliphatic heterocycles. The molecule has 2 unspecified atom stereocenters. The molecule has 0 radical (unpaired) electrons. The van der Waals surface area contributed by atoms with Crippen LogP contribution >= 0.6 is 0 Å². The fraction of sp³-hybridized carbons (Fsp3) is 0.615. The number of carbonyl (C=O) groups is 4. The van der Waals surface area contributed by atoms with E-state index in [2.05, 4.69) is 10.6 Å². The van der Waals surface area contributed by atoms with E-state index >= 15 is 0 Å². The second-order valence-electron chi connectivity index (χ2n) is 9.80. The molecule has 0 aliphatic rings. The number of para-hydroxylation sites is 1. The van der Waals surface area contributed by atoms with Gasteiger partial charge in [-0.15, -0.1) is 0 Å². The summed E-state index contributed by atoms with van der Waals surface area (Å²) < 4.78 is 5.30. The summed E-state index contributed by atoms with van der Waals surface area (Å²) in [6, 6.07) is 2.69. The molecule has 4 amide bonds. The van der Waals surface area contributed by atoms with Crippen LogP contribution in [0.4, 0.5) is 4.79 Å². The second kappa shape index (κ2) is 14.3. The number of nitrogens with one attached hydrogen (secondary N) is 2. The number of ether oxygens (including phenoxy) is 1. The van der Waals surface area contributed by atoms with Crippen molar-refractivity contribution in [3.8, 4) is 5.75 Å². The number of phenols is 1. The van der Waals surface area contributed by atoms with Crippen LogP contribution in [-0.4, -0.2) is 58.6 Å². The lowest BCUT2D eigenvalue weighted by molar-refractivity contribution is -0.142. The van der Waals surface area contributed by atoms with E-state index in [1.165, 1.54) is 4.90 Å². The highest BCUT2D eigenvalue weighted by atomic mass is 16.6. The molecule has 10 heteroatoms. The molecule has 0 aromatic heterocycles. The first-order chi connectivity index (χ1) is 16.8. The zero-order valence-electron chi connectivity index (χ0n) is 22.3. The number of primary amides is 1. The number of rotatable bonds is 13. The first kappa shape index (κ1) is 30.7. The maximum Gasteiger partial charge on any atom is 0.408 e. The number of carbonyl (C=O) groups excluding carboxylic acids is 4. The monoisotopic (exact) mass is 506 g/mol. The minimum Gasteiger partial charge on any atom is -0.507 e. The predicted molar refractivity (Wildman–Crippen MR) is 137 cm³/mol. The van der Waals surface area contributed by atoms with Crippen molar-refractivity contribution in [2.45, 2.75) is 91.3 Å². The molecule has 202 valence electrons. The van der Waals surface area contributed by atoms with Crippen LogP contribution in [0.15, 0.2) is 18.2 Å². The summed E-state index contributed by atoms with van der Waals surface area (Å²) in [5.74, 6) is -1.75. The topological polar surface area (TPSA) is 151 Å². The number of aromatic hydroxyl groups is 1. The van der Waals surface area contributed by atoms with Crippen LogP contribution in [0.1, 0.15) is 83.9 Å². The molecule has 10 nitrogen and oxygen atoms in total. The van der Waals surface area contributed by atoms with Crippen molar-refractivity contribution in [3.05, 3.63) is 29.3 Å². The van der Waals surface area contributed by atoms with E-state index < -0.39 is 41.5 Å². The van der Waals surface area contributed by atoms with Crippen molar-refractivity contribution in [1.29, 1.82) is 0 Å². The number of nitrogens with zero attached hydrogens (tertiary/aromatic N) is 1. The Morgan fingerprint density at radius 1 is 1.14 bits per heavy atom. The number of hydrogen-bond donors (Lipinski definition) is 4. The van der Waals surface area contributed by atoms with E-state index in [4.69, 9.17) is 10.5 Å². The highest BCUT2D eigenvalue weighted by molar-refractivity contribution is 5.93. The Morgan fingerprint density at radius 3 is 2.36 bits per heavy atom. The number of nitrogens with two attached hydrogens (primary N) is 1. The Bertz CT molecular complexity index is 912. The maximum atomic E-state index is 13.8. The smallest absolute Gasteiger partial charge is 0.408 e. The molecule has 5 N–H and O–H groups in total. The van der Waals surface area contributed by atoms with Crippen molar-refractivity contribution < 1.29 is 29.0 Å². The largest absolute Gasteiger partial charge is 0.507 e. The summed E-state index contributed by atoms with van der Waals surface area (Å²) >= 11 is 0. The molecule has 0 saturated carbocycles. The number of alkyl carbamates (subject to hydrolysis) is 1. The fourth-order valence-electron chi connectivity index (χ4n) is 3.64. The number of phenolic OH excluding ortho intramolecular Hbond substituents is 1. The molecule has 36 heavy (non-hydrogen) atoms. The molecule has 1 aromatic rings.